The first kappa shape index (κ1) is 14.3. The number of alkyl halides is 3. The minimum atomic E-state index is -4.13. The van der Waals surface area contributed by atoms with Crippen molar-refractivity contribution >= 4 is 5.91 Å². The normalized spacial score (nSPS) is 27.1. The standard InChI is InChI=1S/C12H20F3NO/c1-8-7-9(12(13,14)15)5-6-16(8)10(17)11(2,3)4/h8-9H,5-7H2,1-4H3/t8-,9-/m0/s1. The molecule has 0 saturated carbocycles. The van der Waals surface area contributed by atoms with E-state index >= 15 is 0 Å². The summed E-state index contributed by atoms with van der Waals surface area (Å²) in [4.78, 5) is 13.6. The lowest BCUT2D eigenvalue weighted by Crippen LogP contribution is -2.50. The van der Waals surface area contributed by atoms with E-state index in [1.54, 1.807) is 32.6 Å². The van der Waals surface area contributed by atoms with Crippen molar-refractivity contribution < 1.29 is 18.0 Å². The van der Waals surface area contributed by atoms with Crippen molar-refractivity contribution in [3.8, 4) is 0 Å². The van der Waals surface area contributed by atoms with Gasteiger partial charge in [0.2, 0.25) is 5.91 Å². The molecule has 0 unspecified atom stereocenters. The highest BCUT2D eigenvalue weighted by Gasteiger charge is 2.45. The van der Waals surface area contributed by atoms with Crippen molar-refractivity contribution in [2.45, 2.75) is 52.8 Å². The van der Waals surface area contributed by atoms with Gasteiger partial charge in [0.05, 0.1) is 5.92 Å². The van der Waals surface area contributed by atoms with Gasteiger partial charge in [-0.2, -0.15) is 13.2 Å². The summed E-state index contributed by atoms with van der Waals surface area (Å²) < 4.78 is 37.7. The van der Waals surface area contributed by atoms with Crippen molar-refractivity contribution in [3.63, 3.8) is 0 Å². The molecule has 5 heteroatoms. The minimum Gasteiger partial charge on any atom is -0.340 e. The Morgan fingerprint density at radius 1 is 1.24 bits per heavy atom. The van der Waals surface area contributed by atoms with E-state index < -0.39 is 17.5 Å². The van der Waals surface area contributed by atoms with Crippen LogP contribution in [0, 0.1) is 11.3 Å². The summed E-state index contributed by atoms with van der Waals surface area (Å²) in [6.45, 7) is 7.27. The van der Waals surface area contributed by atoms with Crippen LogP contribution in [0.25, 0.3) is 0 Å². The van der Waals surface area contributed by atoms with Gasteiger partial charge in [-0.05, 0) is 19.8 Å². The van der Waals surface area contributed by atoms with Crippen LogP contribution in [0.1, 0.15) is 40.5 Å². The number of carbonyl (C=O) groups excluding carboxylic acids is 1. The molecule has 17 heavy (non-hydrogen) atoms. The van der Waals surface area contributed by atoms with Gasteiger partial charge in [-0.25, -0.2) is 0 Å². The minimum absolute atomic E-state index is 0.0192. The fourth-order valence-corrected chi connectivity index (χ4v) is 2.20. The van der Waals surface area contributed by atoms with Crippen LogP contribution in [-0.2, 0) is 4.79 Å². The SMILES string of the molecule is C[C@H]1C[C@@H](C(F)(F)F)CCN1C(=O)C(C)(C)C. The molecule has 0 bridgehead atoms. The molecule has 2 atom stereocenters. The third kappa shape index (κ3) is 3.36. The molecule has 0 aromatic rings. The summed E-state index contributed by atoms with van der Waals surface area (Å²) in [5, 5.41) is 0. The van der Waals surface area contributed by atoms with E-state index in [-0.39, 0.29) is 31.3 Å². The first-order valence-electron chi connectivity index (χ1n) is 5.91. The average molecular weight is 251 g/mol. The lowest BCUT2D eigenvalue weighted by atomic mass is 9.87. The summed E-state index contributed by atoms with van der Waals surface area (Å²) in [7, 11) is 0. The van der Waals surface area contributed by atoms with Gasteiger partial charge in [-0.3, -0.25) is 4.79 Å². The molecule has 1 rings (SSSR count). The maximum atomic E-state index is 12.6. The van der Waals surface area contributed by atoms with Crippen molar-refractivity contribution in [3.05, 3.63) is 0 Å². The Balaban J connectivity index is 2.70. The fourth-order valence-electron chi connectivity index (χ4n) is 2.20. The Labute approximate surface area is 100 Å². The Morgan fingerprint density at radius 3 is 2.12 bits per heavy atom. The van der Waals surface area contributed by atoms with Crippen LogP contribution in [0.4, 0.5) is 13.2 Å². The van der Waals surface area contributed by atoms with Gasteiger partial charge < -0.3 is 4.90 Å². The van der Waals surface area contributed by atoms with E-state index in [1.165, 1.54) is 0 Å². The zero-order valence-corrected chi connectivity index (χ0v) is 10.8. The highest BCUT2D eigenvalue weighted by atomic mass is 19.4. The Kier molecular flexibility index (Phi) is 3.79. The van der Waals surface area contributed by atoms with Gasteiger partial charge in [0.1, 0.15) is 0 Å². The Hall–Kier alpha value is -0.740. The highest BCUT2D eigenvalue weighted by molar-refractivity contribution is 5.81. The number of nitrogens with zero attached hydrogens (tertiary/aromatic N) is 1. The maximum Gasteiger partial charge on any atom is 0.391 e. The van der Waals surface area contributed by atoms with E-state index in [9.17, 15) is 18.0 Å². The molecule has 100 valence electrons. The van der Waals surface area contributed by atoms with Crippen LogP contribution in [0.3, 0.4) is 0 Å². The number of likely N-dealkylation sites (tertiary alicyclic amines) is 1. The van der Waals surface area contributed by atoms with Crippen LogP contribution >= 0.6 is 0 Å². The van der Waals surface area contributed by atoms with Crippen LogP contribution in [0.2, 0.25) is 0 Å². The van der Waals surface area contributed by atoms with Gasteiger partial charge in [0.15, 0.2) is 0 Å². The lowest BCUT2D eigenvalue weighted by Gasteiger charge is -2.41. The fraction of sp³-hybridized carbons (Fsp3) is 0.917. The molecule has 2 nitrogen and oxygen atoms in total. The van der Waals surface area contributed by atoms with Crippen molar-refractivity contribution in [2.24, 2.45) is 11.3 Å². The van der Waals surface area contributed by atoms with E-state index in [1.807, 2.05) is 0 Å². The van der Waals surface area contributed by atoms with Crippen molar-refractivity contribution in [1.29, 1.82) is 0 Å². The monoisotopic (exact) mass is 251 g/mol. The highest BCUT2D eigenvalue weighted by Crippen LogP contribution is 2.37. The first-order valence-corrected chi connectivity index (χ1v) is 5.91. The number of halogens is 3. The summed E-state index contributed by atoms with van der Waals surface area (Å²) in [6.07, 6.45) is -4.09. The summed E-state index contributed by atoms with van der Waals surface area (Å²) in [6, 6.07) is -0.331. The molecule has 1 heterocycles. The van der Waals surface area contributed by atoms with E-state index in [0.29, 0.717) is 0 Å². The van der Waals surface area contributed by atoms with Gasteiger partial charge in [-0.1, -0.05) is 20.8 Å². The molecule has 1 saturated heterocycles. The molecule has 0 aliphatic carbocycles. The van der Waals surface area contributed by atoms with Gasteiger partial charge in [-0.15, -0.1) is 0 Å². The Bertz CT molecular complexity index is 293. The summed E-state index contributed by atoms with van der Waals surface area (Å²) >= 11 is 0. The smallest absolute Gasteiger partial charge is 0.340 e. The molecule has 1 aliphatic rings. The second-order valence-electron chi connectivity index (χ2n) is 5.86. The second-order valence-corrected chi connectivity index (χ2v) is 5.86. The third-order valence-corrected chi connectivity index (χ3v) is 3.24. The van der Waals surface area contributed by atoms with Crippen LogP contribution in [0.5, 0.6) is 0 Å². The predicted molar refractivity (Wildman–Crippen MR) is 59.4 cm³/mol. The van der Waals surface area contributed by atoms with Crippen LogP contribution < -0.4 is 0 Å². The van der Waals surface area contributed by atoms with Crippen LogP contribution in [-0.4, -0.2) is 29.6 Å². The third-order valence-electron chi connectivity index (χ3n) is 3.24. The summed E-state index contributed by atoms with van der Waals surface area (Å²) in [5.74, 6) is -1.33. The number of rotatable bonds is 0. The van der Waals surface area contributed by atoms with Crippen LogP contribution in [0.15, 0.2) is 0 Å². The molecule has 0 N–H and O–H groups in total. The van der Waals surface area contributed by atoms with E-state index in [0.717, 1.165) is 0 Å². The number of hydrogen-bond acceptors (Lipinski definition) is 1. The summed E-state index contributed by atoms with van der Waals surface area (Å²) in [5.41, 5.74) is -0.528. The topological polar surface area (TPSA) is 20.3 Å². The van der Waals surface area contributed by atoms with Gasteiger partial charge >= 0.3 is 6.18 Å². The molecular formula is C12H20F3NO. The van der Waals surface area contributed by atoms with Gasteiger partial charge in [0.25, 0.3) is 0 Å². The van der Waals surface area contributed by atoms with Crippen molar-refractivity contribution in [2.75, 3.05) is 6.54 Å². The molecule has 0 spiro atoms. The molecule has 0 aromatic carbocycles. The zero-order chi connectivity index (χ0) is 13.4. The maximum absolute atomic E-state index is 12.6. The quantitative estimate of drug-likeness (QED) is 0.647. The molecular weight excluding hydrogens is 231 g/mol. The molecule has 1 aliphatic heterocycles. The first-order chi connectivity index (χ1) is 7.53. The lowest BCUT2D eigenvalue weighted by molar-refractivity contribution is -0.192. The molecule has 1 amide bonds. The molecule has 1 fully saturated rings. The number of amides is 1. The zero-order valence-electron chi connectivity index (χ0n) is 10.8. The van der Waals surface area contributed by atoms with E-state index in [2.05, 4.69) is 0 Å². The predicted octanol–water partition coefficient (Wildman–Crippen LogP) is 3.22. The van der Waals surface area contributed by atoms with E-state index in [4.69, 9.17) is 0 Å². The molecule has 0 radical (unpaired) electrons. The van der Waals surface area contributed by atoms with Gasteiger partial charge in [0, 0.05) is 18.0 Å². The Morgan fingerprint density at radius 2 is 1.76 bits per heavy atom. The van der Waals surface area contributed by atoms with Crippen molar-refractivity contribution in [1.82, 2.24) is 4.90 Å². The molecule has 0 aromatic heterocycles. The number of piperidine rings is 1. The average Bonchev–Trinajstić information content (AvgIpc) is 2.13. The number of carbonyl (C=O) groups is 1. The number of hydrogen-bond donors (Lipinski definition) is 0. The second kappa shape index (κ2) is 4.50. The largest absolute Gasteiger partial charge is 0.391 e.